The Hall–Kier alpha value is -3.40. The number of para-hydroxylation sites is 1. The van der Waals surface area contributed by atoms with Crippen molar-refractivity contribution in [1.29, 1.82) is 0 Å². The minimum absolute atomic E-state index is 0.215. The SMILES string of the molecule is CCC(SC1=NNC2C(=O)N(c3ccccc3)C=CN12)C(=O)Nc1cc(F)ccc1F. The van der Waals surface area contributed by atoms with E-state index in [1.54, 1.807) is 24.2 Å². The molecule has 2 amide bonds. The van der Waals surface area contributed by atoms with Crippen LogP contribution in [0.15, 0.2) is 66.0 Å². The fourth-order valence-corrected chi connectivity index (χ4v) is 4.14. The number of nitrogens with zero attached hydrogens (tertiary/aromatic N) is 3. The number of hydrogen-bond acceptors (Lipinski definition) is 6. The molecule has 2 unspecified atom stereocenters. The molecule has 2 aliphatic rings. The number of carbonyl (C=O) groups excluding carboxylic acids is 2. The Morgan fingerprint density at radius 2 is 2.00 bits per heavy atom. The standard InChI is InChI=1S/C21H19F2N5O2S/c1-2-17(19(29)24-16-12-13(22)8-9-15(16)23)31-21-26-25-18-20(30)27(10-11-28(18)21)14-6-4-3-5-7-14/h3-12,17-18,25H,2H2,1H3,(H,24,29). The van der Waals surface area contributed by atoms with E-state index in [1.165, 1.54) is 4.90 Å². The van der Waals surface area contributed by atoms with Gasteiger partial charge < -0.3 is 5.32 Å². The molecular weight excluding hydrogens is 424 g/mol. The van der Waals surface area contributed by atoms with E-state index in [9.17, 15) is 18.4 Å². The van der Waals surface area contributed by atoms with Gasteiger partial charge in [-0.3, -0.25) is 24.8 Å². The lowest BCUT2D eigenvalue weighted by molar-refractivity contribution is -0.122. The molecule has 2 atom stereocenters. The van der Waals surface area contributed by atoms with Crippen molar-refractivity contribution in [2.45, 2.75) is 24.8 Å². The molecule has 31 heavy (non-hydrogen) atoms. The molecule has 10 heteroatoms. The summed E-state index contributed by atoms with van der Waals surface area (Å²) in [5.74, 6) is -2.07. The third kappa shape index (κ3) is 4.24. The zero-order valence-electron chi connectivity index (χ0n) is 16.5. The zero-order valence-corrected chi connectivity index (χ0v) is 17.3. The van der Waals surface area contributed by atoms with Gasteiger partial charge in [0.15, 0.2) is 5.17 Å². The van der Waals surface area contributed by atoms with Crippen LogP contribution >= 0.6 is 11.8 Å². The van der Waals surface area contributed by atoms with Gasteiger partial charge in [-0.2, -0.15) is 5.10 Å². The summed E-state index contributed by atoms with van der Waals surface area (Å²) in [5, 5.41) is 6.44. The quantitative estimate of drug-likeness (QED) is 0.741. The van der Waals surface area contributed by atoms with Crippen molar-refractivity contribution in [2.24, 2.45) is 5.10 Å². The molecule has 0 aromatic heterocycles. The summed E-state index contributed by atoms with van der Waals surface area (Å²) < 4.78 is 27.2. The summed E-state index contributed by atoms with van der Waals surface area (Å²) in [7, 11) is 0. The fourth-order valence-electron chi connectivity index (χ4n) is 3.16. The number of fused-ring (bicyclic) bond motifs is 1. The maximum absolute atomic E-state index is 13.9. The van der Waals surface area contributed by atoms with Gasteiger partial charge >= 0.3 is 0 Å². The molecule has 0 saturated carbocycles. The molecule has 0 spiro atoms. The van der Waals surface area contributed by atoms with Gasteiger partial charge in [0.05, 0.1) is 10.9 Å². The third-order valence-corrected chi connectivity index (χ3v) is 6.11. The maximum atomic E-state index is 13.9. The van der Waals surface area contributed by atoms with E-state index < -0.39 is 29.0 Å². The second kappa shape index (κ2) is 8.76. The van der Waals surface area contributed by atoms with Gasteiger partial charge in [-0.05, 0) is 30.7 Å². The van der Waals surface area contributed by atoms with Gasteiger partial charge in [-0.1, -0.05) is 36.9 Å². The summed E-state index contributed by atoms with van der Waals surface area (Å²) in [6, 6.07) is 12.1. The predicted molar refractivity (Wildman–Crippen MR) is 116 cm³/mol. The summed E-state index contributed by atoms with van der Waals surface area (Å²) in [6.07, 6.45) is 3.04. The van der Waals surface area contributed by atoms with E-state index in [-0.39, 0.29) is 11.6 Å². The number of thioether (sulfide) groups is 1. The van der Waals surface area contributed by atoms with Crippen LogP contribution in [0.1, 0.15) is 13.3 Å². The minimum Gasteiger partial charge on any atom is -0.323 e. The van der Waals surface area contributed by atoms with Crippen LogP contribution in [-0.2, 0) is 9.59 Å². The van der Waals surface area contributed by atoms with Gasteiger partial charge in [0.1, 0.15) is 11.6 Å². The van der Waals surface area contributed by atoms with Crippen molar-refractivity contribution in [3.8, 4) is 0 Å². The molecule has 160 valence electrons. The second-order valence-electron chi connectivity index (χ2n) is 6.80. The number of rotatable bonds is 5. The van der Waals surface area contributed by atoms with Crippen LogP contribution in [0.3, 0.4) is 0 Å². The molecule has 2 aromatic carbocycles. The minimum atomic E-state index is -0.728. The molecule has 2 aliphatic heterocycles. The fraction of sp³-hybridized carbons (Fsp3) is 0.190. The van der Waals surface area contributed by atoms with E-state index >= 15 is 0 Å². The Balaban J connectivity index is 1.46. The lowest BCUT2D eigenvalue weighted by Gasteiger charge is -2.32. The molecule has 0 fully saturated rings. The third-order valence-electron chi connectivity index (χ3n) is 4.76. The van der Waals surface area contributed by atoms with Crippen molar-refractivity contribution >= 4 is 40.1 Å². The molecule has 0 radical (unpaired) electrons. The summed E-state index contributed by atoms with van der Waals surface area (Å²) in [4.78, 5) is 28.7. The van der Waals surface area contributed by atoms with E-state index in [0.29, 0.717) is 11.6 Å². The first-order valence-corrected chi connectivity index (χ1v) is 10.5. The Labute approximate surface area is 181 Å². The average molecular weight is 443 g/mol. The molecule has 0 bridgehead atoms. The Morgan fingerprint density at radius 1 is 1.23 bits per heavy atom. The van der Waals surface area contributed by atoms with Crippen molar-refractivity contribution < 1.29 is 18.4 Å². The normalized spacial score (nSPS) is 18.4. The lowest BCUT2D eigenvalue weighted by atomic mass is 10.2. The monoisotopic (exact) mass is 443 g/mol. The van der Waals surface area contributed by atoms with Gasteiger partial charge in [-0.25, -0.2) is 8.78 Å². The number of hydrogen-bond donors (Lipinski definition) is 2. The molecule has 0 aliphatic carbocycles. The summed E-state index contributed by atoms with van der Waals surface area (Å²) >= 11 is 1.14. The van der Waals surface area contributed by atoms with Crippen molar-refractivity contribution in [3.63, 3.8) is 0 Å². The first kappa shape index (κ1) is 20.9. The number of amidine groups is 1. The van der Waals surface area contributed by atoms with E-state index in [1.807, 2.05) is 30.3 Å². The van der Waals surface area contributed by atoms with Gasteiger partial charge in [0.25, 0.3) is 5.91 Å². The van der Waals surface area contributed by atoms with Crippen LogP contribution in [0, 0.1) is 11.6 Å². The largest absolute Gasteiger partial charge is 0.323 e. The van der Waals surface area contributed by atoms with Crippen molar-refractivity contribution in [3.05, 3.63) is 72.6 Å². The van der Waals surface area contributed by atoms with Gasteiger partial charge in [0.2, 0.25) is 12.1 Å². The molecule has 0 saturated heterocycles. The van der Waals surface area contributed by atoms with Crippen LogP contribution in [0.25, 0.3) is 0 Å². The van der Waals surface area contributed by atoms with Gasteiger partial charge in [0, 0.05) is 24.2 Å². The van der Waals surface area contributed by atoms with Crippen molar-refractivity contribution in [1.82, 2.24) is 10.3 Å². The van der Waals surface area contributed by atoms with Crippen LogP contribution in [0.5, 0.6) is 0 Å². The molecule has 2 N–H and O–H groups in total. The van der Waals surface area contributed by atoms with Crippen LogP contribution in [0.4, 0.5) is 20.2 Å². The number of nitrogens with one attached hydrogen (secondary N) is 2. The molecule has 2 aromatic rings. The maximum Gasteiger partial charge on any atom is 0.276 e. The van der Waals surface area contributed by atoms with Crippen LogP contribution in [0.2, 0.25) is 0 Å². The van der Waals surface area contributed by atoms with Crippen molar-refractivity contribution in [2.75, 3.05) is 10.2 Å². The second-order valence-corrected chi connectivity index (χ2v) is 7.97. The lowest BCUT2D eigenvalue weighted by Crippen LogP contribution is -2.52. The Kier molecular flexibility index (Phi) is 5.90. The highest BCUT2D eigenvalue weighted by Gasteiger charge is 2.39. The molecular formula is C21H19F2N5O2S. The summed E-state index contributed by atoms with van der Waals surface area (Å²) in [6.45, 7) is 1.80. The van der Waals surface area contributed by atoms with E-state index in [0.717, 1.165) is 35.6 Å². The number of carbonyl (C=O) groups is 2. The predicted octanol–water partition coefficient (Wildman–Crippen LogP) is 3.44. The highest BCUT2D eigenvalue weighted by Crippen LogP contribution is 2.29. The number of hydrazone groups is 1. The van der Waals surface area contributed by atoms with Crippen LogP contribution < -0.4 is 15.6 Å². The topological polar surface area (TPSA) is 77.0 Å². The molecule has 7 nitrogen and oxygen atoms in total. The first-order chi connectivity index (χ1) is 15.0. The van der Waals surface area contributed by atoms with Crippen LogP contribution in [-0.4, -0.2) is 33.3 Å². The molecule has 4 rings (SSSR count). The zero-order chi connectivity index (χ0) is 22.0. The highest BCUT2D eigenvalue weighted by atomic mass is 32.2. The Morgan fingerprint density at radius 3 is 2.74 bits per heavy atom. The number of amides is 2. The van der Waals surface area contributed by atoms with E-state index in [2.05, 4.69) is 15.8 Å². The molecule has 2 heterocycles. The smallest absolute Gasteiger partial charge is 0.276 e. The number of halogens is 2. The van der Waals surface area contributed by atoms with E-state index in [4.69, 9.17) is 0 Å². The first-order valence-electron chi connectivity index (χ1n) is 9.58. The Bertz CT molecular complexity index is 1060. The summed E-state index contributed by atoms with van der Waals surface area (Å²) in [5.41, 5.74) is 3.31. The number of benzene rings is 2. The van der Waals surface area contributed by atoms with Gasteiger partial charge in [-0.15, -0.1) is 0 Å². The average Bonchev–Trinajstić information content (AvgIpc) is 3.19. The highest BCUT2D eigenvalue weighted by molar-refractivity contribution is 8.14. The number of anilines is 2.